The molecular weight excluding hydrogens is 212 g/mol. The number of carbonyl (C=O) groups is 3. The molecule has 0 saturated heterocycles. The minimum atomic E-state index is -2.74. The van der Waals surface area contributed by atoms with Crippen LogP contribution in [0.3, 0.4) is 0 Å². The Bertz CT molecular complexity index is 229. The van der Waals surface area contributed by atoms with Crippen LogP contribution in [0.15, 0.2) is 0 Å². The second-order valence-corrected chi connectivity index (χ2v) is 2.48. The molecule has 0 aromatic carbocycles. The fourth-order valence-electron chi connectivity index (χ4n) is 0.714. The van der Waals surface area contributed by atoms with Gasteiger partial charge < -0.3 is 25.5 Å². The number of aliphatic hydroxyl groups is 2. The summed E-state index contributed by atoms with van der Waals surface area (Å²) in [5, 5.41) is 40.8. The molecule has 0 rings (SSSR count). The van der Waals surface area contributed by atoms with E-state index < -0.39 is 36.4 Å². The lowest BCUT2D eigenvalue weighted by Crippen LogP contribution is -2.42. The van der Waals surface area contributed by atoms with Crippen molar-refractivity contribution in [3.63, 3.8) is 0 Å². The predicted molar refractivity (Wildman–Crippen MR) is 45.2 cm³/mol. The van der Waals surface area contributed by atoms with Gasteiger partial charge in [-0.05, 0) is 0 Å². The molecule has 0 aliphatic carbocycles. The molecule has 0 aliphatic heterocycles. The zero-order chi connectivity index (χ0) is 12.6. The first-order valence-electron chi connectivity index (χ1n) is 3.62. The highest BCUT2D eigenvalue weighted by Crippen LogP contribution is 2.15. The fourth-order valence-corrected chi connectivity index (χ4v) is 0.714. The summed E-state index contributed by atoms with van der Waals surface area (Å²) < 4.78 is 0. The maximum Gasteiger partial charge on any atom is 0.336 e. The Kier molecular flexibility index (Phi) is 7.09. The van der Waals surface area contributed by atoms with Crippen molar-refractivity contribution < 1.29 is 39.9 Å². The largest absolute Gasteiger partial charge is 0.481 e. The van der Waals surface area contributed by atoms with Crippen LogP contribution in [-0.2, 0) is 14.4 Å². The highest BCUT2D eigenvalue weighted by atomic mass is 16.4. The van der Waals surface area contributed by atoms with Crippen LogP contribution in [0.1, 0.15) is 12.8 Å². The van der Waals surface area contributed by atoms with Crippen molar-refractivity contribution in [2.75, 3.05) is 7.11 Å². The van der Waals surface area contributed by atoms with Gasteiger partial charge in [-0.1, -0.05) is 0 Å². The summed E-state index contributed by atoms with van der Waals surface area (Å²) in [4.78, 5) is 30.5. The maximum atomic E-state index is 10.3. The monoisotopic (exact) mass is 224 g/mol. The van der Waals surface area contributed by atoms with Crippen LogP contribution in [0.4, 0.5) is 0 Å². The normalized spacial score (nSPS) is 9.80. The molecule has 0 bridgehead atoms. The number of aliphatic hydroxyl groups excluding tert-OH is 1. The standard InChI is InChI=1S/C6H8O7.CH4O/c7-3(8)1-6(13,5(11)12)2-4(9)10;1-2/h13H,1-2H2,(H,7,8)(H,9,10)(H,11,12);2H,1H3. The second kappa shape index (κ2) is 6.74. The zero-order valence-corrected chi connectivity index (χ0v) is 7.88. The molecule has 8 nitrogen and oxygen atoms in total. The Morgan fingerprint density at radius 2 is 1.20 bits per heavy atom. The van der Waals surface area contributed by atoms with Gasteiger partial charge in [-0.25, -0.2) is 4.79 Å². The van der Waals surface area contributed by atoms with Crippen LogP contribution in [0, 0.1) is 0 Å². The lowest BCUT2D eigenvalue weighted by Gasteiger charge is -2.18. The van der Waals surface area contributed by atoms with Gasteiger partial charge in [0, 0.05) is 7.11 Å². The predicted octanol–water partition coefficient (Wildman–Crippen LogP) is -1.64. The first-order chi connectivity index (χ1) is 6.78. The van der Waals surface area contributed by atoms with E-state index >= 15 is 0 Å². The Balaban J connectivity index is 0. The lowest BCUT2D eigenvalue weighted by molar-refractivity contribution is -0.170. The van der Waals surface area contributed by atoms with Gasteiger partial charge in [-0.15, -0.1) is 0 Å². The SMILES string of the molecule is CO.O=C(O)CC(O)(CC(=O)O)C(=O)O. The third kappa shape index (κ3) is 6.41. The van der Waals surface area contributed by atoms with E-state index in [0.29, 0.717) is 0 Å². The molecule has 0 aromatic heterocycles. The van der Waals surface area contributed by atoms with Gasteiger partial charge >= 0.3 is 17.9 Å². The molecule has 0 aliphatic rings. The fraction of sp³-hybridized carbons (Fsp3) is 0.571. The van der Waals surface area contributed by atoms with E-state index in [2.05, 4.69) is 0 Å². The van der Waals surface area contributed by atoms with E-state index in [-0.39, 0.29) is 0 Å². The molecule has 0 unspecified atom stereocenters. The van der Waals surface area contributed by atoms with Crippen molar-refractivity contribution in [1.82, 2.24) is 0 Å². The molecular formula is C7H12O8. The van der Waals surface area contributed by atoms with Crippen LogP contribution >= 0.6 is 0 Å². The quantitative estimate of drug-likeness (QED) is 0.372. The molecule has 5 N–H and O–H groups in total. The van der Waals surface area contributed by atoms with Gasteiger partial charge in [0.15, 0.2) is 5.60 Å². The van der Waals surface area contributed by atoms with Crippen molar-refractivity contribution in [3.8, 4) is 0 Å². The molecule has 15 heavy (non-hydrogen) atoms. The number of rotatable bonds is 5. The zero-order valence-electron chi connectivity index (χ0n) is 7.88. The van der Waals surface area contributed by atoms with E-state index in [1.54, 1.807) is 0 Å². The number of carboxylic acids is 3. The second-order valence-electron chi connectivity index (χ2n) is 2.48. The van der Waals surface area contributed by atoms with Crippen molar-refractivity contribution in [3.05, 3.63) is 0 Å². The van der Waals surface area contributed by atoms with Gasteiger partial charge in [0.2, 0.25) is 0 Å². The van der Waals surface area contributed by atoms with Crippen LogP contribution < -0.4 is 0 Å². The third-order valence-corrected chi connectivity index (χ3v) is 1.29. The molecule has 0 heterocycles. The summed E-state index contributed by atoms with van der Waals surface area (Å²) in [6.07, 6.45) is -2.29. The van der Waals surface area contributed by atoms with Crippen molar-refractivity contribution in [2.45, 2.75) is 18.4 Å². The summed E-state index contributed by atoms with van der Waals surface area (Å²) in [6, 6.07) is 0. The smallest absolute Gasteiger partial charge is 0.336 e. The van der Waals surface area contributed by atoms with E-state index in [1.165, 1.54) is 0 Å². The van der Waals surface area contributed by atoms with Gasteiger partial charge in [0.05, 0.1) is 12.8 Å². The summed E-state index contributed by atoms with van der Waals surface area (Å²) >= 11 is 0. The minimum absolute atomic E-state index is 1.00. The first-order valence-corrected chi connectivity index (χ1v) is 3.62. The molecule has 88 valence electrons. The molecule has 0 spiro atoms. The third-order valence-electron chi connectivity index (χ3n) is 1.29. The number of aliphatic carboxylic acids is 3. The molecule has 0 saturated carbocycles. The lowest BCUT2D eigenvalue weighted by atomic mass is 9.96. The highest BCUT2D eigenvalue weighted by Gasteiger charge is 2.40. The molecule has 0 radical (unpaired) electrons. The molecule has 0 atom stereocenters. The Morgan fingerprint density at radius 1 is 0.933 bits per heavy atom. The molecule has 0 amide bonds. The van der Waals surface area contributed by atoms with E-state index in [1.807, 2.05) is 0 Å². The topological polar surface area (TPSA) is 152 Å². The van der Waals surface area contributed by atoms with Crippen molar-refractivity contribution in [2.24, 2.45) is 0 Å². The van der Waals surface area contributed by atoms with E-state index in [4.69, 9.17) is 25.5 Å². The number of hydrogen-bond donors (Lipinski definition) is 5. The Labute approximate surface area is 84.4 Å². The van der Waals surface area contributed by atoms with Gasteiger partial charge in [-0.2, -0.15) is 0 Å². The number of hydrogen-bond acceptors (Lipinski definition) is 5. The summed E-state index contributed by atoms with van der Waals surface area (Å²) in [6.45, 7) is 0. The summed E-state index contributed by atoms with van der Waals surface area (Å²) in [7, 11) is 1.00. The van der Waals surface area contributed by atoms with Gasteiger partial charge in [0.25, 0.3) is 0 Å². The van der Waals surface area contributed by atoms with Crippen LogP contribution in [-0.4, -0.2) is 56.2 Å². The highest BCUT2D eigenvalue weighted by molar-refractivity contribution is 5.88. The molecule has 0 aromatic rings. The average Bonchev–Trinajstić information content (AvgIpc) is 2.04. The summed E-state index contributed by atoms with van der Waals surface area (Å²) in [5.41, 5.74) is -2.74. The first kappa shape index (κ1) is 15.8. The Morgan fingerprint density at radius 3 is 1.33 bits per heavy atom. The van der Waals surface area contributed by atoms with Crippen LogP contribution in [0.25, 0.3) is 0 Å². The Hall–Kier alpha value is -1.67. The van der Waals surface area contributed by atoms with E-state index in [9.17, 15) is 14.4 Å². The van der Waals surface area contributed by atoms with Crippen LogP contribution in [0.5, 0.6) is 0 Å². The van der Waals surface area contributed by atoms with Crippen LogP contribution in [0.2, 0.25) is 0 Å². The van der Waals surface area contributed by atoms with Gasteiger partial charge in [0.1, 0.15) is 0 Å². The average molecular weight is 224 g/mol. The molecule has 0 fully saturated rings. The minimum Gasteiger partial charge on any atom is -0.481 e. The van der Waals surface area contributed by atoms with Crippen molar-refractivity contribution in [1.29, 1.82) is 0 Å². The van der Waals surface area contributed by atoms with Crippen molar-refractivity contribution >= 4 is 17.9 Å². The molecule has 8 heteroatoms. The maximum absolute atomic E-state index is 10.3. The summed E-state index contributed by atoms with van der Waals surface area (Å²) in [5.74, 6) is -5.02. The number of carboxylic acid groups (broad SMARTS) is 3. The van der Waals surface area contributed by atoms with Gasteiger partial charge in [-0.3, -0.25) is 9.59 Å². The van der Waals surface area contributed by atoms with E-state index in [0.717, 1.165) is 7.11 Å².